The van der Waals surface area contributed by atoms with E-state index in [4.69, 9.17) is 56.4 Å². The number of nitrogens with one attached hydrogen (secondary N) is 1. The van der Waals surface area contributed by atoms with E-state index in [-0.39, 0.29) is 26.5 Å². The number of nitrogen functional groups attached to an aromatic ring is 1. The molecule has 5 N–H and O–H groups in total. The first kappa shape index (κ1) is 26.7. The number of nitrogens with zero attached hydrogens (tertiary/aromatic N) is 4. The molecule has 1 aliphatic heterocycles. The maximum Gasteiger partial charge on any atom is 0.177 e. The standard InChI is InChI=1S/C23H24Cl3N7O2S/c1-36(34)33-6-4-32(5-7-33)20-3-2-13(10-31-20)22(28)14-8-19(15(24)9-18(14)27)35-23(29)21-16(25)11-30-12-17(21)26/h2-3,8-12,23,28H,4-7,27,29H2,1H3/t23-,36?/m0/s1. The fourth-order valence-corrected chi connectivity index (χ4v) is 5.29. The van der Waals surface area contributed by atoms with Crippen molar-refractivity contribution in [1.29, 1.82) is 5.41 Å². The Morgan fingerprint density at radius 2 is 1.75 bits per heavy atom. The van der Waals surface area contributed by atoms with E-state index in [1.807, 2.05) is 16.4 Å². The minimum absolute atomic E-state index is 0.146. The van der Waals surface area contributed by atoms with E-state index >= 15 is 0 Å². The van der Waals surface area contributed by atoms with Crippen LogP contribution >= 0.6 is 34.8 Å². The molecular weight excluding hydrogens is 545 g/mol. The van der Waals surface area contributed by atoms with E-state index in [1.54, 1.807) is 18.5 Å². The van der Waals surface area contributed by atoms with Crippen molar-refractivity contribution in [2.24, 2.45) is 5.73 Å². The van der Waals surface area contributed by atoms with Gasteiger partial charge in [0.15, 0.2) is 6.23 Å². The Balaban J connectivity index is 1.52. The number of benzene rings is 1. The van der Waals surface area contributed by atoms with Gasteiger partial charge in [0.1, 0.15) is 17.8 Å². The zero-order valence-corrected chi connectivity index (χ0v) is 22.3. The Labute approximate surface area is 227 Å². The molecule has 1 aromatic carbocycles. The molecule has 0 saturated carbocycles. The molecule has 1 fully saturated rings. The van der Waals surface area contributed by atoms with E-state index in [1.165, 1.54) is 18.5 Å². The number of aromatic nitrogens is 2. The van der Waals surface area contributed by atoms with Gasteiger partial charge in [0, 0.05) is 65.4 Å². The number of piperazine rings is 1. The van der Waals surface area contributed by atoms with Crippen LogP contribution in [0.3, 0.4) is 0 Å². The van der Waals surface area contributed by atoms with Crippen LogP contribution in [0.2, 0.25) is 15.1 Å². The van der Waals surface area contributed by atoms with Crippen LogP contribution in [0.4, 0.5) is 11.5 Å². The van der Waals surface area contributed by atoms with Gasteiger partial charge in [-0.25, -0.2) is 4.98 Å². The zero-order chi connectivity index (χ0) is 26.0. The molecule has 2 aromatic heterocycles. The molecule has 36 heavy (non-hydrogen) atoms. The normalized spacial score (nSPS) is 16.0. The molecule has 0 amide bonds. The molecular formula is C23H24Cl3N7O2S. The number of hydrogen-bond acceptors (Lipinski definition) is 9. The maximum absolute atomic E-state index is 11.7. The van der Waals surface area contributed by atoms with Crippen molar-refractivity contribution in [3.8, 4) is 5.75 Å². The van der Waals surface area contributed by atoms with Gasteiger partial charge in [0.25, 0.3) is 0 Å². The second-order valence-corrected chi connectivity index (χ2v) is 10.6. The van der Waals surface area contributed by atoms with Crippen LogP contribution in [0.15, 0.2) is 42.9 Å². The van der Waals surface area contributed by atoms with Crippen molar-refractivity contribution >= 4 is 63.4 Å². The van der Waals surface area contributed by atoms with E-state index in [9.17, 15) is 4.55 Å². The van der Waals surface area contributed by atoms with Crippen molar-refractivity contribution in [3.05, 3.63) is 74.6 Å². The second-order valence-electron chi connectivity index (χ2n) is 8.05. The monoisotopic (exact) mass is 567 g/mol. The third-order valence-corrected chi connectivity index (χ3v) is 7.76. The average Bonchev–Trinajstić information content (AvgIpc) is 2.85. The average molecular weight is 569 g/mol. The summed E-state index contributed by atoms with van der Waals surface area (Å²) in [5, 5.41) is 9.46. The van der Waals surface area contributed by atoms with Crippen LogP contribution in [0.1, 0.15) is 22.9 Å². The van der Waals surface area contributed by atoms with Crippen molar-refractivity contribution < 1.29 is 9.29 Å². The molecule has 0 bridgehead atoms. The Kier molecular flexibility index (Phi) is 8.46. The van der Waals surface area contributed by atoms with E-state index in [0.29, 0.717) is 35.5 Å². The summed E-state index contributed by atoms with van der Waals surface area (Å²) in [6, 6.07) is 6.73. The van der Waals surface area contributed by atoms with Crippen LogP contribution in [0, 0.1) is 5.41 Å². The number of anilines is 2. The molecule has 0 radical (unpaired) electrons. The third kappa shape index (κ3) is 5.81. The summed E-state index contributed by atoms with van der Waals surface area (Å²) in [6.45, 7) is 2.84. The molecule has 0 aliphatic carbocycles. The fraction of sp³-hybridized carbons (Fsp3) is 0.261. The van der Waals surface area contributed by atoms with Crippen molar-refractivity contribution in [3.63, 3.8) is 0 Å². The highest BCUT2D eigenvalue weighted by Crippen LogP contribution is 2.35. The summed E-state index contributed by atoms with van der Waals surface area (Å²) in [6.07, 6.45) is 5.11. The lowest BCUT2D eigenvalue weighted by Gasteiger charge is -2.34. The predicted octanol–water partition coefficient (Wildman–Crippen LogP) is 3.89. The molecule has 3 heterocycles. The Bertz CT molecular complexity index is 1230. The van der Waals surface area contributed by atoms with Gasteiger partial charge in [-0.05, 0) is 24.3 Å². The summed E-state index contributed by atoms with van der Waals surface area (Å²) >= 11 is 17.7. The van der Waals surface area contributed by atoms with Crippen LogP contribution < -0.4 is 21.1 Å². The minimum Gasteiger partial charge on any atom is -0.598 e. The SMILES string of the molecule is C[S+]([O-])N1CCN(c2ccc(C(=N)c3cc(O[C@H](N)c4c(Cl)cncc4Cl)c(Cl)cc3N)cn2)CC1. The number of halogens is 3. The minimum atomic E-state index is -1.03. The topological polar surface area (TPSA) is 140 Å². The van der Waals surface area contributed by atoms with Crippen molar-refractivity contribution in [1.82, 2.24) is 14.3 Å². The third-order valence-electron chi connectivity index (χ3n) is 5.76. The summed E-state index contributed by atoms with van der Waals surface area (Å²) in [5.41, 5.74) is 14.2. The highest BCUT2D eigenvalue weighted by atomic mass is 35.5. The van der Waals surface area contributed by atoms with Crippen LogP contribution in [-0.4, -0.2) is 57.0 Å². The van der Waals surface area contributed by atoms with Gasteiger partial charge in [-0.2, -0.15) is 0 Å². The first-order chi connectivity index (χ1) is 17.2. The lowest BCUT2D eigenvalue weighted by atomic mass is 10.0. The number of rotatable bonds is 7. The number of pyridine rings is 2. The molecule has 9 nitrogen and oxygen atoms in total. The summed E-state index contributed by atoms with van der Waals surface area (Å²) in [5.74, 6) is 1.01. The summed E-state index contributed by atoms with van der Waals surface area (Å²) < 4.78 is 19.4. The number of hydrogen-bond donors (Lipinski definition) is 3. The lowest BCUT2D eigenvalue weighted by molar-refractivity contribution is 0.214. The smallest absolute Gasteiger partial charge is 0.177 e. The number of nitrogens with two attached hydrogens (primary N) is 2. The number of ether oxygens (including phenoxy) is 1. The first-order valence-electron chi connectivity index (χ1n) is 10.8. The summed E-state index contributed by atoms with van der Waals surface area (Å²) in [4.78, 5) is 10.6. The van der Waals surface area contributed by atoms with Gasteiger partial charge in [0.05, 0.1) is 33.9 Å². The largest absolute Gasteiger partial charge is 0.598 e. The summed E-state index contributed by atoms with van der Waals surface area (Å²) in [7, 11) is 0. The van der Waals surface area contributed by atoms with Gasteiger partial charge in [-0.15, -0.1) is 4.31 Å². The van der Waals surface area contributed by atoms with E-state index in [0.717, 1.165) is 18.9 Å². The molecule has 1 aliphatic rings. The quantitative estimate of drug-likeness (QED) is 0.169. The van der Waals surface area contributed by atoms with Crippen LogP contribution in [-0.2, 0) is 11.4 Å². The van der Waals surface area contributed by atoms with Gasteiger partial charge in [-0.1, -0.05) is 34.8 Å². The molecule has 1 saturated heterocycles. The van der Waals surface area contributed by atoms with E-state index < -0.39 is 17.6 Å². The molecule has 1 unspecified atom stereocenters. The van der Waals surface area contributed by atoms with Crippen molar-refractivity contribution in [2.75, 3.05) is 43.1 Å². The van der Waals surface area contributed by atoms with Gasteiger partial charge >= 0.3 is 0 Å². The van der Waals surface area contributed by atoms with E-state index in [2.05, 4.69) is 14.9 Å². The molecule has 0 spiro atoms. The van der Waals surface area contributed by atoms with Gasteiger partial charge < -0.3 is 19.9 Å². The van der Waals surface area contributed by atoms with Gasteiger partial charge in [-0.3, -0.25) is 16.1 Å². The highest BCUT2D eigenvalue weighted by molar-refractivity contribution is 7.88. The molecule has 3 aromatic rings. The predicted molar refractivity (Wildman–Crippen MR) is 146 cm³/mol. The highest BCUT2D eigenvalue weighted by Gasteiger charge is 2.24. The molecule has 2 atom stereocenters. The van der Waals surface area contributed by atoms with Gasteiger partial charge in [0.2, 0.25) is 0 Å². The molecule has 4 rings (SSSR count). The molecule has 13 heteroatoms. The Morgan fingerprint density at radius 1 is 1.08 bits per heavy atom. The molecule has 190 valence electrons. The maximum atomic E-state index is 11.7. The fourth-order valence-electron chi connectivity index (χ4n) is 3.82. The van der Waals surface area contributed by atoms with Crippen molar-refractivity contribution in [2.45, 2.75) is 6.23 Å². The Hall–Kier alpha value is -2.31. The van der Waals surface area contributed by atoms with Crippen LogP contribution in [0.25, 0.3) is 0 Å². The zero-order valence-electron chi connectivity index (χ0n) is 19.2. The Morgan fingerprint density at radius 3 is 2.33 bits per heavy atom. The first-order valence-corrected chi connectivity index (χ1v) is 13.5. The lowest BCUT2D eigenvalue weighted by Crippen LogP contribution is -2.48. The van der Waals surface area contributed by atoms with Crippen LogP contribution in [0.5, 0.6) is 5.75 Å². The second kappa shape index (κ2) is 11.4.